The second-order valence-electron chi connectivity index (χ2n) is 8.14. The number of hydrogen-bond donors (Lipinski definition) is 3. The molecule has 172 valence electrons. The van der Waals surface area contributed by atoms with E-state index in [1.165, 1.54) is 0 Å². The van der Waals surface area contributed by atoms with Crippen molar-refractivity contribution in [3.63, 3.8) is 0 Å². The molecule has 0 atom stereocenters. The van der Waals surface area contributed by atoms with Gasteiger partial charge in [0.2, 0.25) is 11.8 Å². The van der Waals surface area contributed by atoms with Crippen LogP contribution in [0, 0.1) is 0 Å². The topological polar surface area (TPSA) is 106 Å². The molecule has 0 spiro atoms. The minimum Gasteiger partial charge on any atom is -0.494 e. The molecule has 8 nitrogen and oxygen atoms in total. The Kier molecular flexibility index (Phi) is 9.53. The molecule has 32 heavy (non-hydrogen) atoms. The van der Waals surface area contributed by atoms with Gasteiger partial charge in [-0.05, 0) is 57.0 Å². The van der Waals surface area contributed by atoms with E-state index in [0.29, 0.717) is 31.7 Å². The molecule has 2 aromatic carbocycles. The summed E-state index contributed by atoms with van der Waals surface area (Å²) in [4.78, 5) is 35.5. The van der Waals surface area contributed by atoms with Gasteiger partial charge < -0.3 is 25.4 Å². The molecule has 0 aliphatic carbocycles. The Morgan fingerprint density at radius 3 is 2.22 bits per heavy atom. The standard InChI is InChI=1S/C24H31N3O5/c1-24(2,3)32-23(30)26-17-22(29)27-19-13-11-18(12-14-19)16-25-21(28)10-7-15-31-20-8-5-4-6-9-20/h4-6,8-9,11-14H,7,10,15-17H2,1-3H3,(H,25,28)(H,26,30)(H,27,29). The lowest BCUT2D eigenvalue weighted by atomic mass is 10.2. The highest BCUT2D eigenvalue weighted by atomic mass is 16.6. The van der Waals surface area contributed by atoms with E-state index in [2.05, 4.69) is 16.0 Å². The van der Waals surface area contributed by atoms with Crippen LogP contribution in [-0.2, 0) is 20.9 Å². The largest absolute Gasteiger partial charge is 0.494 e. The van der Waals surface area contributed by atoms with E-state index in [0.717, 1.165) is 11.3 Å². The predicted octanol–water partition coefficient (Wildman–Crippen LogP) is 3.63. The molecule has 0 radical (unpaired) electrons. The first kappa shape index (κ1) is 24.7. The number of amides is 3. The summed E-state index contributed by atoms with van der Waals surface area (Å²) in [6.07, 6.45) is 0.361. The summed E-state index contributed by atoms with van der Waals surface area (Å²) in [6.45, 7) is 5.92. The SMILES string of the molecule is CC(C)(C)OC(=O)NCC(=O)Nc1ccc(CNC(=O)CCCOc2ccccc2)cc1. The van der Waals surface area contributed by atoms with Crippen molar-refractivity contribution >= 4 is 23.6 Å². The van der Waals surface area contributed by atoms with Gasteiger partial charge in [0, 0.05) is 18.7 Å². The third-order valence-corrected chi connectivity index (χ3v) is 4.08. The number of para-hydroxylation sites is 1. The van der Waals surface area contributed by atoms with Gasteiger partial charge in [0.1, 0.15) is 17.9 Å². The van der Waals surface area contributed by atoms with Crippen molar-refractivity contribution in [2.45, 2.75) is 45.8 Å². The van der Waals surface area contributed by atoms with Crippen molar-refractivity contribution in [3.05, 3.63) is 60.2 Å². The number of benzene rings is 2. The number of nitrogens with one attached hydrogen (secondary N) is 3. The van der Waals surface area contributed by atoms with Crippen LogP contribution in [0.25, 0.3) is 0 Å². The minimum absolute atomic E-state index is 0.0488. The van der Waals surface area contributed by atoms with Crippen LogP contribution in [-0.4, -0.2) is 36.7 Å². The molecular formula is C24H31N3O5. The van der Waals surface area contributed by atoms with Crippen LogP contribution in [0.2, 0.25) is 0 Å². The molecule has 8 heteroatoms. The average molecular weight is 442 g/mol. The van der Waals surface area contributed by atoms with Gasteiger partial charge in [0.25, 0.3) is 0 Å². The fraction of sp³-hybridized carbons (Fsp3) is 0.375. The maximum atomic E-state index is 12.0. The highest BCUT2D eigenvalue weighted by Gasteiger charge is 2.16. The smallest absolute Gasteiger partial charge is 0.408 e. The molecule has 0 fully saturated rings. The van der Waals surface area contributed by atoms with Crippen LogP contribution in [0.1, 0.15) is 39.2 Å². The molecule has 2 aromatic rings. The third-order valence-electron chi connectivity index (χ3n) is 4.08. The van der Waals surface area contributed by atoms with Crippen molar-refractivity contribution < 1.29 is 23.9 Å². The molecule has 0 aliphatic rings. The number of carbonyl (C=O) groups is 3. The molecule has 3 amide bonds. The van der Waals surface area contributed by atoms with Crippen LogP contribution >= 0.6 is 0 Å². The van der Waals surface area contributed by atoms with Crippen molar-refractivity contribution in [3.8, 4) is 5.75 Å². The third kappa shape index (κ3) is 10.5. The predicted molar refractivity (Wildman–Crippen MR) is 122 cm³/mol. The van der Waals surface area contributed by atoms with E-state index in [1.54, 1.807) is 32.9 Å². The van der Waals surface area contributed by atoms with Crippen molar-refractivity contribution in [1.82, 2.24) is 10.6 Å². The van der Waals surface area contributed by atoms with Crippen LogP contribution in [0.5, 0.6) is 5.75 Å². The van der Waals surface area contributed by atoms with Crippen LogP contribution in [0.3, 0.4) is 0 Å². The zero-order chi connectivity index (χ0) is 23.4. The van der Waals surface area contributed by atoms with Crippen molar-refractivity contribution in [1.29, 1.82) is 0 Å². The summed E-state index contributed by atoms with van der Waals surface area (Å²) in [5.74, 6) is 0.377. The molecular weight excluding hydrogens is 410 g/mol. The molecule has 0 saturated carbocycles. The number of alkyl carbamates (subject to hydrolysis) is 1. The summed E-state index contributed by atoms with van der Waals surface area (Å²) in [5.41, 5.74) is 0.875. The first-order valence-corrected chi connectivity index (χ1v) is 10.5. The lowest BCUT2D eigenvalue weighted by Crippen LogP contribution is -2.37. The van der Waals surface area contributed by atoms with E-state index in [9.17, 15) is 14.4 Å². The van der Waals surface area contributed by atoms with Crippen LogP contribution in [0.4, 0.5) is 10.5 Å². The first-order valence-electron chi connectivity index (χ1n) is 10.5. The lowest BCUT2D eigenvalue weighted by Gasteiger charge is -2.19. The van der Waals surface area contributed by atoms with Gasteiger partial charge in [0.15, 0.2) is 0 Å². The van der Waals surface area contributed by atoms with E-state index >= 15 is 0 Å². The first-order chi connectivity index (χ1) is 15.2. The second kappa shape index (κ2) is 12.3. The van der Waals surface area contributed by atoms with Crippen molar-refractivity contribution in [2.24, 2.45) is 0 Å². The average Bonchev–Trinajstić information content (AvgIpc) is 2.74. The Morgan fingerprint density at radius 2 is 1.56 bits per heavy atom. The molecule has 3 N–H and O–H groups in total. The van der Waals surface area contributed by atoms with E-state index in [4.69, 9.17) is 9.47 Å². The lowest BCUT2D eigenvalue weighted by molar-refractivity contribution is -0.121. The maximum Gasteiger partial charge on any atom is 0.408 e. The molecule has 2 rings (SSSR count). The molecule has 0 aromatic heterocycles. The molecule has 0 bridgehead atoms. The fourth-order valence-electron chi connectivity index (χ4n) is 2.61. The molecule has 0 unspecified atom stereocenters. The Hall–Kier alpha value is -3.55. The summed E-state index contributed by atoms with van der Waals surface area (Å²) in [5, 5.41) is 7.96. The maximum absolute atomic E-state index is 12.0. The van der Waals surface area contributed by atoms with Gasteiger partial charge in [-0.2, -0.15) is 0 Å². The van der Waals surface area contributed by atoms with E-state index < -0.39 is 11.7 Å². The number of rotatable bonds is 10. The van der Waals surface area contributed by atoms with Crippen LogP contribution in [0.15, 0.2) is 54.6 Å². The van der Waals surface area contributed by atoms with Gasteiger partial charge in [0.05, 0.1) is 6.61 Å². The number of ether oxygens (including phenoxy) is 2. The number of hydrogen-bond acceptors (Lipinski definition) is 5. The minimum atomic E-state index is -0.648. The summed E-state index contributed by atoms with van der Waals surface area (Å²) in [7, 11) is 0. The van der Waals surface area contributed by atoms with Gasteiger partial charge >= 0.3 is 6.09 Å². The second-order valence-corrected chi connectivity index (χ2v) is 8.14. The number of carbonyl (C=O) groups excluding carboxylic acids is 3. The van der Waals surface area contributed by atoms with Crippen LogP contribution < -0.4 is 20.7 Å². The molecule has 0 aliphatic heterocycles. The quantitative estimate of drug-likeness (QED) is 0.488. The summed E-state index contributed by atoms with van der Waals surface area (Å²) < 4.78 is 10.7. The highest BCUT2D eigenvalue weighted by molar-refractivity contribution is 5.93. The van der Waals surface area contributed by atoms with E-state index in [1.807, 2.05) is 42.5 Å². The zero-order valence-corrected chi connectivity index (χ0v) is 18.8. The van der Waals surface area contributed by atoms with Crippen molar-refractivity contribution in [2.75, 3.05) is 18.5 Å². The normalized spacial score (nSPS) is 10.7. The highest BCUT2D eigenvalue weighted by Crippen LogP contribution is 2.11. The Balaban J connectivity index is 1.62. The van der Waals surface area contributed by atoms with Gasteiger partial charge in [-0.1, -0.05) is 30.3 Å². The summed E-state index contributed by atoms with van der Waals surface area (Å²) in [6, 6.07) is 16.6. The number of anilines is 1. The van der Waals surface area contributed by atoms with Gasteiger partial charge in [-0.3, -0.25) is 9.59 Å². The van der Waals surface area contributed by atoms with Gasteiger partial charge in [-0.25, -0.2) is 4.79 Å². The molecule has 0 saturated heterocycles. The molecule has 0 heterocycles. The Bertz CT molecular complexity index is 877. The fourth-order valence-corrected chi connectivity index (χ4v) is 2.61. The monoisotopic (exact) mass is 441 g/mol. The van der Waals surface area contributed by atoms with E-state index in [-0.39, 0.29) is 18.4 Å². The summed E-state index contributed by atoms with van der Waals surface area (Å²) >= 11 is 0. The zero-order valence-electron chi connectivity index (χ0n) is 18.8. The van der Waals surface area contributed by atoms with Gasteiger partial charge in [-0.15, -0.1) is 0 Å². The Morgan fingerprint density at radius 1 is 0.875 bits per heavy atom. The Labute approximate surface area is 188 Å².